The Hall–Kier alpha value is -2.11. The van der Waals surface area contributed by atoms with Gasteiger partial charge in [-0.1, -0.05) is 17.0 Å². The van der Waals surface area contributed by atoms with Gasteiger partial charge in [0.1, 0.15) is 5.75 Å². The van der Waals surface area contributed by atoms with Crippen LogP contribution < -0.4 is 0 Å². The van der Waals surface area contributed by atoms with Gasteiger partial charge >= 0.3 is 0 Å². The first kappa shape index (κ1) is 11.0. The van der Waals surface area contributed by atoms with Crippen molar-refractivity contribution in [3.8, 4) is 17.6 Å². The molecule has 1 aromatic carbocycles. The van der Waals surface area contributed by atoms with Gasteiger partial charge in [0.2, 0.25) is 0 Å². The highest BCUT2D eigenvalue weighted by atomic mass is 16.3. The van der Waals surface area contributed by atoms with Gasteiger partial charge in [0, 0.05) is 10.5 Å². The fraction of sp³-hybridized carbons (Fsp3) is 0.273. The summed E-state index contributed by atoms with van der Waals surface area (Å²) in [4.78, 5) is 2.60. The minimum atomic E-state index is 0.162. The van der Waals surface area contributed by atoms with E-state index in [0.717, 1.165) is 16.7 Å². The van der Waals surface area contributed by atoms with Crippen molar-refractivity contribution in [1.82, 2.24) is 0 Å². The first-order chi connectivity index (χ1) is 7.15. The molecule has 0 radical (unpaired) electrons. The normalized spacial score (nSPS) is 8.67. The lowest BCUT2D eigenvalue weighted by Gasteiger charge is -2.02. The third-order valence-corrected chi connectivity index (χ3v) is 1.94. The molecule has 0 unspecified atom stereocenters. The number of phenolic OH excluding ortho intramolecular Hbond substituents is 1. The topological polar surface area (TPSA) is 69.0 Å². The number of hydrogen-bond donors (Lipinski definition) is 1. The number of hydrogen-bond acceptors (Lipinski definition) is 2. The van der Waals surface area contributed by atoms with Crippen LogP contribution >= 0.6 is 0 Å². The molecule has 76 valence electrons. The molecule has 0 heterocycles. The van der Waals surface area contributed by atoms with Crippen molar-refractivity contribution in [2.75, 3.05) is 6.54 Å². The van der Waals surface area contributed by atoms with Gasteiger partial charge in [-0.05, 0) is 42.6 Å². The first-order valence-electron chi connectivity index (χ1n) is 4.45. The van der Waals surface area contributed by atoms with Crippen molar-refractivity contribution >= 4 is 0 Å². The average molecular weight is 201 g/mol. The van der Waals surface area contributed by atoms with Gasteiger partial charge in [0.25, 0.3) is 0 Å². The van der Waals surface area contributed by atoms with E-state index < -0.39 is 0 Å². The Labute approximate surface area is 88.2 Å². The summed E-state index contributed by atoms with van der Waals surface area (Å²) in [6.45, 7) is 3.80. The molecule has 0 spiro atoms. The molecule has 0 fully saturated rings. The molecule has 0 saturated carbocycles. The van der Waals surface area contributed by atoms with Gasteiger partial charge in [-0.15, -0.1) is 0 Å². The fourth-order valence-corrected chi connectivity index (χ4v) is 1.24. The van der Waals surface area contributed by atoms with E-state index in [1.165, 1.54) is 0 Å². The van der Waals surface area contributed by atoms with E-state index in [2.05, 4.69) is 21.9 Å². The summed E-state index contributed by atoms with van der Waals surface area (Å²) in [6.07, 6.45) is 0. The van der Waals surface area contributed by atoms with E-state index in [0.29, 0.717) is 5.75 Å². The summed E-state index contributed by atoms with van der Waals surface area (Å²) in [5.74, 6) is 5.89. The molecular weight excluding hydrogens is 190 g/mol. The number of phenols is 1. The molecule has 1 aromatic rings. The Morgan fingerprint density at radius 2 is 2.00 bits per heavy atom. The van der Waals surface area contributed by atoms with Gasteiger partial charge < -0.3 is 5.11 Å². The average Bonchev–Trinajstić information content (AvgIpc) is 2.21. The maximum Gasteiger partial charge on any atom is 0.121 e. The molecule has 0 aliphatic rings. The van der Waals surface area contributed by atoms with E-state index in [-0.39, 0.29) is 6.54 Å². The standard InChI is InChI=1S/C11H11N3O/c1-8-6-10(4-3-5-13-14-12)7-9(2)11(8)15/h6-7,15H,5H2,1-2H3. The molecule has 15 heavy (non-hydrogen) atoms. The Morgan fingerprint density at radius 3 is 2.53 bits per heavy atom. The third-order valence-electron chi connectivity index (χ3n) is 1.94. The molecule has 1 rings (SSSR count). The zero-order valence-electron chi connectivity index (χ0n) is 8.65. The molecule has 0 bridgehead atoms. The largest absolute Gasteiger partial charge is 0.507 e. The second kappa shape index (κ2) is 4.94. The number of aryl methyl sites for hydroxylation is 2. The Balaban J connectivity index is 2.95. The minimum absolute atomic E-state index is 0.162. The smallest absolute Gasteiger partial charge is 0.121 e. The SMILES string of the molecule is Cc1cc(C#CCN=[N+]=[N-])cc(C)c1O. The monoisotopic (exact) mass is 201 g/mol. The van der Waals surface area contributed by atoms with E-state index in [4.69, 9.17) is 5.53 Å². The molecular formula is C11H11N3O. The van der Waals surface area contributed by atoms with Crippen LogP contribution in [0.3, 0.4) is 0 Å². The van der Waals surface area contributed by atoms with Crippen molar-refractivity contribution in [3.63, 3.8) is 0 Å². The van der Waals surface area contributed by atoms with Crippen LogP contribution in [0.25, 0.3) is 10.4 Å². The van der Waals surface area contributed by atoms with Crippen LogP contribution in [-0.4, -0.2) is 11.7 Å². The second-order valence-corrected chi connectivity index (χ2v) is 3.15. The van der Waals surface area contributed by atoms with Gasteiger partial charge in [-0.3, -0.25) is 0 Å². The van der Waals surface area contributed by atoms with Crippen molar-refractivity contribution in [2.24, 2.45) is 5.11 Å². The number of rotatable bonds is 1. The molecule has 0 amide bonds. The zero-order valence-corrected chi connectivity index (χ0v) is 8.65. The van der Waals surface area contributed by atoms with Crippen molar-refractivity contribution < 1.29 is 5.11 Å². The number of aromatic hydroxyl groups is 1. The van der Waals surface area contributed by atoms with Crippen LogP contribution in [0, 0.1) is 25.7 Å². The lowest BCUT2D eigenvalue weighted by atomic mass is 10.1. The Morgan fingerprint density at radius 1 is 1.40 bits per heavy atom. The Kier molecular flexibility index (Phi) is 3.61. The van der Waals surface area contributed by atoms with E-state index >= 15 is 0 Å². The van der Waals surface area contributed by atoms with Crippen LogP contribution in [0.4, 0.5) is 0 Å². The first-order valence-corrected chi connectivity index (χ1v) is 4.45. The molecule has 1 N–H and O–H groups in total. The predicted molar refractivity (Wildman–Crippen MR) is 58.5 cm³/mol. The van der Waals surface area contributed by atoms with E-state index in [9.17, 15) is 5.11 Å². The molecule has 0 saturated heterocycles. The molecule has 0 aliphatic carbocycles. The number of azide groups is 1. The summed E-state index contributed by atoms with van der Waals surface area (Å²) in [5, 5.41) is 12.8. The summed E-state index contributed by atoms with van der Waals surface area (Å²) >= 11 is 0. The number of nitrogens with zero attached hydrogens (tertiary/aromatic N) is 3. The molecule has 0 aromatic heterocycles. The Bertz CT molecular complexity index is 453. The van der Waals surface area contributed by atoms with Crippen LogP contribution in [0.15, 0.2) is 17.2 Å². The van der Waals surface area contributed by atoms with Crippen molar-refractivity contribution in [2.45, 2.75) is 13.8 Å². The lowest BCUT2D eigenvalue weighted by Crippen LogP contribution is -1.84. The van der Waals surface area contributed by atoms with Gasteiger partial charge in [0.05, 0.1) is 6.54 Å². The summed E-state index contributed by atoms with van der Waals surface area (Å²) in [6, 6.07) is 3.59. The van der Waals surface area contributed by atoms with Crippen LogP contribution in [-0.2, 0) is 0 Å². The maximum atomic E-state index is 9.53. The molecule has 0 aliphatic heterocycles. The second-order valence-electron chi connectivity index (χ2n) is 3.15. The minimum Gasteiger partial charge on any atom is -0.507 e. The van der Waals surface area contributed by atoms with E-state index in [1.807, 2.05) is 13.8 Å². The predicted octanol–water partition coefficient (Wildman–Crippen LogP) is 2.67. The van der Waals surface area contributed by atoms with Crippen LogP contribution in [0.5, 0.6) is 5.75 Å². The van der Waals surface area contributed by atoms with Crippen LogP contribution in [0.1, 0.15) is 16.7 Å². The highest BCUT2D eigenvalue weighted by Crippen LogP contribution is 2.22. The summed E-state index contributed by atoms with van der Waals surface area (Å²) in [5.41, 5.74) is 10.5. The third kappa shape index (κ3) is 2.94. The lowest BCUT2D eigenvalue weighted by molar-refractivity contribution is 0.467. The molecule has 4 nitrogen and oxygen atoms in total. The summed E-state index contributed by atoms with van der Waals surface area (Å²) < 4.78 is 0. The zero-order chi connectivity index (χ0) is 11.3. The van der Waals surface area contributed by atoms with Gasteiger partial charge in [-0.25, -0.2) is 0 Å². The summed E-state index contributed by atoms with van der Waals surface area (Å²) in [7, 11) is 0. The fourth-order valence-electron chi connectivity index (χ4n) is 1.24. The molecule has 0 atom stereocenters. The van der Waals surface area contributed by atoms with Crippen LogP contribution in [0.2, 0.25) is 0 Å². The highest BCUT2D eigenvalue weighted by Gasteiger charge is 2.00. The number of benzene rings is 1. The molecule has 4 heteroatoms. The van der Waals surface area contributed by atoms with Crippen molar-refractivity contribution in [1.29, 1.82) is 0 Å². The van der Waals surface area contributed by atoms with Gasteiger partial charge in [-0.2, -0.15) is 0 Å². The quantitative estimate of drug-likeness (QED) is 0.322. The highest BCUT2D eigenvalue weighted by molar-refractivity contribution is 5.47. The van der Waals surface area contributed by atoms with E-state index in [1.54, 1.807) is 12.1 Å². The van der Waals surface area contributed by atoms with Crippen molar-refractivity contribution in [3.05, 3.63) is 39.3 Å². The maximum absolute atomic E-state index is 9.53. The van der Waals surface area contributed by atoms with Gasteiger partial charge in [0.15, 0.2) is 0 Å².